The van der Waals surface area contributed by atoms with Gasteiger partial charge in [0.1, 0.15) is 18.7 Å². The monoisotopic (exact) mass is 483 g/mol. The Morgan fingerprint density at radius 2 is 1.16 bits per heavy atom. The second-order valence-corrected chi connectivity index (χ2v) is 8.40. The average molecular weight is 485 g/mol. The Bertz CT molecular complexity index is 1220. The summed E-state index contributed by atoms with van der Waals surface area (Å²) < 4.78 is 1.41. The zero-order chi connectivity index (χ0) is 22.7. The van der Waals surface area contributed by atoms with Crippen molar-refractivity contribution >= 4 is 46.4 Å². The molecule has 3 aromatic carbocycles. The number of halogens is 3. The van der Waals surface area contributed by atoms with Gasteiger partial charge in [-0.15, -0.1) is 0 Å². The first kappa shape index (κ1) is 22.2. The van der Waals surface area contributed by atoms with Crippen LogP contribution >= 0.6 is 34.8 Å². The summed E-state index contributed by atoms with van der Waals surface area (Å²) in [5.41, 5.74) is 1.44. The van der Waals surface area contributed by atoms with Gasteiger partial charge in [0, 0.05) is 26.2 Å². The van der Waals surface area contributed by atoms with Gasteiger partial charge in [-0.25, -0.2) is 9.67 Å². The van der Waals surface area contributed by atoms with Gasteiger partial charge in [-0.05, 0) is 66.2 Å². The lowest BCUT2D eigenvalue weighted by atomic mass is 9.81. The van der Waals surface area contributed by atoms with Gasteiger partial charge in [-0.3, -0.25) is 9.59 Å². The first-order valence-corrected chi connectivity index (χ1v) is 10.8. The highest BCUT2D eigenvalue weighted by Crippen LogP contribution is 2.35. The summed E-state index contributed by atoms with van der Waals surface area (Å²) in [5.74, 6) is -1.44. The summed E-state index contributed by atoms with van der Waals surface area (Å²) in [6.45, 7) is 0. The molecule has 1 aromatic heterocycles. The molecule has 5 nitrogen and oxygen atoms in total. The van der Waals surface area contributed by atoms with Crippen LogP contribution < -0.4 is 0 Å². The van der Waals surface area contributed by atoms with Gasteiger partial charge in [-0.1, -0.05) is 46.9 Å². The van der Waals surface area contributed by atoms with Gasteiger partial charge < -0.3 is 0 Å². The SMILES string of the molecule is O=C(c1ccc(Cl)cc1)C(c1ccc(Cl)cc1)C(C(=O)c1ccc(Cl)cc1)n1cncn1. The van der Waals surface area contributed by atoms with E-state index in [4.69, 9.17) is 34.8 Å². The van der Waals surface area contributed by atoms with Crippen molar-refractivity contribution in [1.82, 2.24) is 14.8 Å². The number of aromatic nitrogens is 3. The molecule has 0 N–H and O–H groups in total. The summed E-state index contributed by atoms with van der Waals surface area (Å²) in [6.07, 6.45) is 2.75. The lowest BCUT2D eigenvalue weighted by Crippen LogP contribution is -2.32. The third-order valence-electron chi connectivity index (χ3n) is 5.08. The second-order valence-electron chi connectivity index (χ2n) is 7.09. The number of nitrogens with zero attached hydrogens (tertiary/aromatic N) is 3. The van der Waals surface area contributed by atoms with Crippen molar-refractivity contribution in [2.24, 2.45) is 0 Å². The van der Waals surface area contributed by atoms with Crippen LogP contribution in [-0.4, -0.2) is 26.3 Å². The molecule has 0 aliphatic carbocycles. The van der Waals surface area contributed by atoms with E-state index in [1.807, 2.05) is 0 Å². The van der Waals surface area contributed by atoms with Crippen LogP contribution in [0.1, 0.15) is 38.2 Å². The summed E-state index contributed by atoms with van der Waals surface area (Å²) in [7, 11) is 0. The van der Waals surface area contributed by atoms with Crippen molar-refractivity contribution in [2.75, 3.05) is 0 Å². The molecular weight excluding hydrogens is 469 g/mol. The van der Waals surface area contributed by atoms with Gasteiger partial charge in [-0.2, -0.15) is 5.10 Å². The first-order valence-electron chi connectivity index (χ1n) is 9.63. The van der Waals surface area contributed by atoms with Gasteiger partial charge in [0.2, 0.25) is 0 Å². The second kappa shape index (κ2) is 9.65. The fourth-order valence-corrected chi connectivity index (χ4v) is 3.89. The number of carbonyl (C=O) groups excluding carboxylic acids is 2. The summed E-state index contributed by atoms with van der Waals surface area (Å²) in [6, 6.07) is 18.9. The maximum atomic E-state index is 13.8. The van der Waals surface area contributed by atoms with E-state index in [1.165, 1.54) is 17.3 Å². The average Bonchev–Trinajstić information content (AvgIpc) is 3.33. The van der Waals surface area contributed by atoms with Crippen LogP contribution in [0.3, 0.4) is 0 Å². The number of hydrogen-bond donors (Lipinski definition) is 0. The van der Waals surface area contributed by atoms with E-state index in [-0.39, 0.29) is 11.6 Å². The van der Waals surface area contributed by atoms with E-state index in [1.54, 1.807) is 72.8 Å². The van der Waals surface area contributed by atoms with Crippen molar-refractivity contribution in [3.63, 3.8) is 0 Å². The standard InChI is InChI=1S/C24H16Cl3N3O2/c25-18-7-1-15(2-8-18)21(23(31)16-3-9-19(26)10-4-16)22(30-14-28-13-29-30)24(32)17-5-11-20(27)12-6-17/h1-14,21-22H. The van der Waals surface area contributed by atoms with Crippen LogP contribution in [0.4, 0.5) is 0 Å². The fourth-order valence-electron chi connectivity index (χ4n) is 3.51. The summed E-state index contributed by atoms with van der Waals surface area (Å²) >= 11 is 18.1. The Labute approximate surface area is 199 Å². The van der Waals surface area contributed by atoms with E-state index in [0.717, 1.165) is 0 Å². The molecule has 2 atom stereocenters. The molecule has 0 radical (unpaired) electrons. The zero-order valence-corrected chi connectivity index (χ0v) is 18.8. The molecule has 0 bridgehead atoms. The third-order valence-corrected chi connectivity index (χ3v) is 5.83. The smallest absolute Gasteiger partial charge is 0.188 e. The fraction of sp³-hybridized carbons (Fsp3) is 0.0833. The minimum Gasteiger partial charge on any atom is -0.293 e. The maximum Gasteiger partial charge on any atom is 0.188 e. The molecular formula is C24H16Cl3N3O2. The van der Waals surface area contributed by atoms with Crippen LogP contribution in [0.15, 0.2) is 85.5 Å². The largest absolute Gasteiger partial charge is 0.293 e. The lowest BCUT2D eigenvalue weighted by molar-refractivity contribution is 0.0818. The molecule has 160 valence electrons. The molecule has 32 heavy (non-hydrogen) atoms. The Kier molecular flexibility index (Phi) is 6.70. The molecule has 8 heteroatoms. The number of ketones is 2. The molecule has 2 unspecified atom stereocenters. The minimum absolute atomic E-state index is 0.258. The Hall–Kier alpha value is -2.99. The molecule has 0 amide bonds. The zero-order valence-electron chi connectivity index (χ0n) is 16.5. The number of Topliss-reactive ketones (excluding diaryl/α,β-unsaturated/α-hetero) is 2. The van der Waals surface area contributed by atoms with Crippen molar-refractivity contribution in [2.45, 2.75) is 12.0 Å². The van der Waals surface area contributed by atoms with E-state index in [2.05, 4.69) is 10.1 Å². The molecule has 0 saturated heterocycles. The summed E-state index contributed by atoms with van der Waals surface area (Å²) in [4.78, 5) is 31.4. The number of carbonyl (C=O) groups is 2. The number of hydrogen-bond acceptors (Lipinski definition) is 4. The predicted molar refractivity (Wildman–Crippen MR) is 125 cm³/mol. The molecule has 0 saturated carbocycles. The van der Waals surface area contributed by atoms with Crippen LogP contribution in [0.5, 0.6) is 0 Å². The summed E-state index contributed by atoms with van der Waals surface area (Å²) in [5, 5.41) is 5.73. The van der Waals surface area contributed by atoms with E-state index in [9.17, 15) is 9.59 Å². The van der Waals surface area contributed by atoms with E-state index >= 15 is 0 Å². The first-order chi connectivity index (χ1) is 15.4. The normalized spacial score (nSPS) is 12.8. The van der Waals surface area contributed by atoms with Crippen LogP contribution in [0.2, 0.25) is 15.1 Å². The highest BCUT2D eigenvalue weighted by molar-refractivity contribution is 6.31. The molecule has 4 rings (SSSR count). The number of rotatable bonds is 7. The quantitative estimate of drug-likeness (QED) is 0.288. The van der Waals surface area contributed by atoms with Crippen LogP contribution in [0.25, 0.3) is 0 Å². The predicted octanol–water partition coefficient (Wildman–Crippen LogP) is 6.33. The Morgan fingerprint density at radius 1 is 0.688 bits per heavy atom. The van der Waals surface area contributed by atoms with E-state index in [0.29, 0.717) is 31.8 Å². The van der Waals surface area contributed by atoms with Gasteiger partial charge in [0.15, 0.2) is 11.6 Å². The van der Waals surface area contributed by atoms with Crippen molar-refractivity contribution in [3.8, 4) is 0 Å². The Morgan fingerprint density at radius 3 is 1.62 bits per heavy atom. The minimum atomic E-state index is -0.983. The van der Waals surface area contributed by atoms with Crippen LogP contribution in [-0.2, 0) is 0 Å². The maximum absolute atomic E-state index is 13.8. The third kappa shape index (κ3) is 4.75. The molecule has 1 heterocycles. The topological polar surface area (TPSA) is 64.8 Å². The van der Waals surface area contributed by atoms with Crippen molar-refractivity contribution in [1.29, 1.82) is 0 Å². The van der Waals surface area contributed by atoms with Gasteiger partial charge in [0.05, 0.1) is 5.92 Å². The van der Waals surface area contributed by atoms with E-state index < -0.39 is 12.0 Å². The van der Waals surface area contributed by atoms with Crippen LogP contribution in [0, 0.1) is 0 Å². The molecule has 0 spiro atoms. The lowest BCUT2D eigenvalue weighted by Gasteiger charge is -2.26. The van der Waals surface area contributed by atoms with Crippen molar-refractivity contribution in [3.05, 3.63) is 117 Å². The van der Waals surface area contributed by atoms with Gasteiger partial charge in [0.25, 0.3) is 0 Å². The van der Waals surface area contributed by atoms with Gasteiger partial charge >= 0.3 is 0 Å². The molecule has 4 aromatic rings. The number of benzene rings is 3. The molecule has 0 aliphatic rings. The molecule has 0 aliphatic heterocycles. The highest BCUT2D eigenvalue weighted by atomic mass is 35.5. The molecule has 0 fully saturated rings. The van der Waals surface area contributed by atoms with Crippen molar-refractivity contribution < 1.29 is 9.59 Å². The highest BCUT2D eigenvalue weighted by Gasteiger charge is 2.38. The Balaban J connectivity index is 1.87.